The summed E-state index contributed by atoms with van der Waals surface area (Å²) in [5.41, 5.74) is -0.960. The van der Waals surface area contributed by atoms with Gasteiger partial charge in [0.1, 0.15) is 11.6 Å². The lowest BCUT2D eigenvalue weighted by Crippen LogP contribution is -2.47. The number of benzene rings is 1. The van der Waals surface area contributed by atoms with Crippen LogP contribution in [0.2, 0.25) is 5.02 Å². The molecule has 2 aromatic rings. The Morgan fingerprint density at radius 3 is 2.62 bits per heavy atom. The summed E-state index contributed by atoms with van der Waals surface area (Å²) in [4.78, 5) is 16.6. The first-order chi connectivity index (χ1) is 11.3. The largest absolute Gasteiger partial charge is 0.478 e. The number of carbonyl (C=O) groups is 1. The molecule has 0 saturated heterocycles. The van der Waals surface area contributed by atoms with E-state index in [9.17, 15) is 4.79 Å². The van der Waals surface area contributed by atoms with Crippen LogP contribution in [0.5, 0.6) is 5.75 Å². The number of ether oxygens (including phenoxy) is 1. The molecule has 6 heteroatoms. The number of hydrogen-bond donors (Lipinski definition) is 1. The minimum atomic E-state index is -0.960. The van der Waals surface area contributed by atoms with Crippen molar-refractivity contribution in [2.75, 3.05) is 6.54 Å². The number of rotatable bonds is 7. The predicted molar refractivity (Wildman–Crippen MR) is 95.3 cm³/mol. The van der Waals surface area contributed by atoms with Crippen molar-refractivity contribution in [2.24, 2.45) is 5.92 Å². The van der Waals surface area contributed by atoms with Gasteiger partial charge < -0.3 is 14.6 Å². The molecule has 0 aliphatic rings. The first-order valence-electron chi connectivity index (χ1n) is 7.98. The number of aryl methyl sites for hydroxylation is 1. The molecule has 1 heterocycles. The van der Waals surface area contributed by atoms with Gasteiger partial charge in [0.15, 0.2) is 5.60 Å². The van der Waals surface area contributed by atoms with Gasteiger partial charge in [0, 0.05) is 30.5 Å². The second-order valence-electron chi connectivity index (χ2n) is 6.51. The number of aromatic nitrogens is 2. The first kappa shape index (κ1) is 18.3. The lowest BCUT2D eigenvalue weighted by atomic mass is 10.1. The summed E-state index contributed by atoms with van der Waals surface area (Å²) < 4.78 is 7.87. The van der Waals surface area contributed by atoms with Gasteiger partial charge in [-0.25, -0.2) is 4.98 Å². The van der Waals surface area contributed by atoms with Crippen LogP contribution in [0.15, 0.2) is 36.7 Å². The summed E-state index contributed by atoms with van der Waals surface area (Å²) >= 11 is 5.86. The number of hydrogen-bond acceptors (Lipinski definition) is 3. The third kappa shape index (κ3) is 4.99. The maximum atomic E-state index is 12.4. The monoisotopic (exact) mass is 349 g/mol. The fourth-order valence-electron chi connectivity index (χ4n) is 2.32. The molecule has 0 spiro atoms. The molecule has 1 atom stereocenters. The van der Waals surface area contributed by atoms with Crippen molar-refractivity contribution in [1.82, 2.24) is 14.9 Å². The van der Waals surface area contributed by atoms with E-state index in [2.05, 4.69) is 21.8 Å². The molecule has 0 saturated carbocycles. The normalized spacial score (nSPS) is 12.7. The van der Waals surface area contributed by atoms with Crippen molar-refractivity contribution in [1.29, 1.82) is 0 Å². The van der Waals surface area contributed by atoms with E-state index >= 15 is 0 Å². The molecule has 0 radical (unpaired) electrons. The first-order valence-corrected chi connectivity index (χ1v) is 8.36. The Balaban J connectivity index is 1.85. The van der Waals surface area contributed by atoms with Crippen molar-refractivity contribution in [2.45, 2.75) is 39.8 Å². The van der Waals surface area contributed by atoms with E-state index in [0.29, 0.717) is 17.3 Å². The number of halogens is 1. The van der Waals surface area contributed by atoms with Gasteiger partial charge in [-0.2, -0.15) is 0 Å². The highest BCUT2D eigenvalue weighted by Gasteiger charge is 2.30. The molecule has 0 aliphatic heterocycles. The highest BCUT2D eigenvalue weighted by molar-refractivity contribution is 6.30. The quantitative estimate of drug-likeness (QED) is 0.832. The summed E-state index contributed by atoms with van der Waals surface area (Å²) in [5, 5.41) is 3.60. The predicted octanol–water partition coefficient (Wildman–Crippen LogP) is 3.45. The number of nitrogens with zero attached hydrogens (tertiary/aromatic N) is 2. The molecule has 1 unspecified atom stereocenters. The second kappa shape index (κ2) is 7.71. The van der Waals surface area contributed by atoms with Gasteiger partial charge >= 0.3 is 0 Å². The average molecular weight is 350 g/mol. The zero-order chi connectivity index (χ0) is 17.7. The molecular formula is C18H24ClN3O2. The SMILES string of the molecule is Cc1nccn1CC(C)CNC(=O)C(C)(C)Oc1ccc(Cl)cc1. The maximum absolute atomic E-state index is 12.4. The molecule has 1 aromatic carbocycles. The van der Waals surface area contributed by atoms with E-state index in [0.717, 1.165) is 12.4 Å². The van der Waals surface area contributed by atoms with Crippen molar-refractivity contribution in [3.63, 3.8) is 0 Å². The number of amides is 1. The molecular weight excluding hydrogens is 326 g/mol. The van der Waals surface area contributed by atoms with Crippen LogP contribution in [0, 0.1) is 12.8 Å². The van der Waals surface area contributed by atoms with Gasteiger partial charge in [0.2, 0.25) is 0 Å². The Bertz CT molecular complexity index is 680. The molecule has 1 aromatic heterocycles. The van der Waals surface area contributed by atoms with Crippen LogP contribution in [0.25, 0.3) is 0 Å². The molecule has 24 heavy (non-hydrogen) atoms. The van der Waals surface area contributed by atoms with Crippen LogP contribution < -0.4 is 10.1 Å². The van der Waals surface area contributed by atoms with E-state index in [-0.39, 0.29) is 11.8 Å². The van der Waals surface area contributed by atoms with Crippen LogP contribution in [0.4, 0.5) is 0 Å². The van der Waals surface area contributed by atoms with Crippen LogP contribution in [0.1, 0.15) is 26.6 Å². The van der Waals surface area contributed by atoms with E-state index in [1.807, 2.05) is 13.1 Å². The van der Waals surface area contributed by atoms with Gasteiger partial charge in [-0.15, -0.1) is 0 Å². The Morgan fingerprint density at radius 1 is 1.38 bits per heavy atom. The van der Waals surface area contributed by atoms with Crippen molar-refractivity contribution in [3.8, 4) is 5.75 Å². The Kier molecular flexibility index (Phi) is 5.89. The third-order valence-electron chi connectivity index (χ3n) is 3.78. The lowest BCUT2D eigenvalue weighted by molar-refractivity contribution is -0.134. The van der Waals surface area contributed by atoms with Crippen LogP contribution in [-0.4, -0.2) is 27.6 Å². The molecule has 0 bridgehead atoms. The zero-order valence-corrected chi connectivity index (χ0v) is 15.3. The fraction of sp³-hybridized carbons (Fsp3) is 0.444. The van der Waals surface area contributed by atoms with Gasteiger partial charge in [-0.05, 0) is 51.0 Å². The zero-order valence-electron chi connectivity index (χ0n) is 14.5. The van der Waals surface area contributed by atoms with Crippen LogP contribution in [-0.2, 0) is 11.3 Å². The summed E-state index contributed by atoms with van der Waals surface area (Å²) in [6.07, 6.45) is 3.73. The van der Waals surface area contributed by atoms with Crippen molar-refractivity contribution < 1.29 is 9.53 Å². The highest BCUT2D eigenvalue weighted by Crippen LogP contribution is 2.21. The van der Waals surface area contributed by atoms with Crippen LogP contribution in [0.3, 0.4) is 0 Å². The lowest BCUT2D eigenvalue weighted by Gasteiger charge is -2.26. The summed E-state index contributed by atoms with van der Waals surface area (Å²) in [6, 6.07) is 6.98. The van der Waals surface area contributed by atoms with Gasteiger partial charge in [0.05, 0.1) is 0 Å². The van der Waals surface area contributed by atoms with Crippen molar-refractivity contribution >= 4 is 17.5 Å². The van der Waals surface area contributed by atoms with E-state index in [4.69, 9.17) is 16.3 Å². The molecule has 5 nitrogen and oxygen atoms in total. The average Bonchev–Trinajstić information content (AvgIpc) is 2.92. The Labute approximate surface area is 148 Å². The van der Waals surface area contributed by atoms with Gasteiger partial charge in [0.25, 0.3) is 5.91 Å². The number of carbonyl (C=O) groups excluding carboxylic acids is 1. The highest BCUT2D eigenvalue weighted by atomic mass is 35.5. The van der Waals surface area contributed by atoms with Gasteiger partial charge in [-0.1, -0.05) is 18.5 Å². The number of imidazole rings is 1. The van der Waals surface area contributed by atoms with Gasteiger partial charge in [-0.3, -0.25) is 4.79 Å². The Hall–Kier alpha value is -2.01. The molecule has 1 N–H and O–H groups in total. The minimum Gasteiger partial charge on any atom is -0.478 e. The molecule has 0 fully saturated rings. The molecule has 1 amide bonds. The molecule has 2 rings (SSSR count). The standard InChI is InChI=1S/C18H24ClN3O2/c1-13(12-22-10-9-20-14(22)2)11-21-17(23)18(3,4)24-16-7-5-15(19)6-8-16/h5-10,13H,11-12H2,1-4H3,(H,21,23). The number of nitrogens with one attached hydrogen (secondary N) is 1. The topological polar surface area (TPSA) is 56.2 Å². The minimum absolute atomic E-state index is 0.147. The molecule has 0 aliphatic carbocycles. The van der Waals surface area contributed by atoms with E-state index in [1.54, 1.807) is 44.3 Å². The Morgan fingerprint density at radius 2 is 2.04 bits per heavy atom. The van der Waals surface area contributed by atoms with Crippen LogP contribution >= 0.6 is 11.6 Å². The summed E-state index contributed by atoms with van der Waals surface area (Å²) in [7, 11) is 0. The second-order valence-corrected chi connectivity index (χ2v) is 6.94. The van der Waals surface area contributed by atoms with Crippen molar-refractivity contribution in [3.05, 3.63) is 47.5 Å². The third-order valence-corrected chi connectivity index (χ3v) is 4.03. The fourth-order valence-corrected chi connectivity index (χ4v) is 2.45. The molecule has 130 valence electrons. The van der Waals surface area contributed by atoms with E-state index < -0.39 is 5.60 Å². The summed E-state index contributed by atoms with van der Waals surface area (Å²) in [5.74, 6) is 1.72. The maximum Gasteiger partial charge on any atom is 0.263 e. The summed E-state index contributed by atoms with van der Waals surface area (Å²) in [6.45, 7) is 8.94. The van der Waals surface area contributed by atoms with E-state index in [1.165, 1.54) is 0 Å². The smallest absolute Gasteiger partial charge is 0.263 e.